The van der Waals surface area contributed by atoms with Crippen LogP contribution in [-0.4, -0.2) is 19.2 Å². The van der Waals surface area contributed by atoms with Crippen LogP contribution in [0.3, 0.4) is 0 Å². The first kappa shape index (κ1) is 16.0. The molecular weight excluding hydrogens is 234 g/mol. The summed E-state index contributed by atoms with van der Waals surface area (Å²) >= 11 is 0. The van der Waals surface area contributed by atoms with Gasteiger partial charge in [-0.3, -0.25) is 0 Å². The quantitative estimate of drug-likeness (QED) is 0.799. The molecule has 0 aliphatic rings. The molecule has 0 saturated carbocycles. The molecule has 0 spiro atoms. The van der Waals surface area contributed by atoms with E-state index < -0.39 is 0 Å². The van der Waals surface area contributed by atoms with Gasteiger partial charge in [-0.1, -0.05) is 52.8 Å². The minimum absolute atomic E-state index is 0.307. The van der Waals surface area contributed by atoms with E-state index >= 15 is 0 Å². The summed E-state index contributed by atoms with van der Waals surface area (Å²) in [4.78, 5) is 0. The molecule has 0 aliphatic carbocycles. The molecule has 0 radical (unpaired) electrons. The Bertz CT molecular complexity index is 340. The summed E-state index contributed by atoms with van der Waals surface area (Å²) in [6.07, 6.45) is 1.08. The van der Waals surface area contributed by atoms with Crippen LogP contribution in [0.25, 0.3) is 0 Å². The summed E-state index contributed by atoms with van der Waals surface area (Å²) in [6.45, 7) is 13.2. The van der Waals surface area contributed by atoms with E-state index in [-0.39, 0.29) is 0 Å². The monoisotopic (exact) mass is 263 g/mol. The molecule has 0 saturated heterocycles. The lowest BCUT2D eigenvalue weighted by molar-refractivity contribution is 0.177. The number of hydrogen-bond acceptors (Lipinski definition) is 2. The second kappa shape index (κ2) is 7.54. The summed E-state index contributed by atoms with van der Waals surface area (Å²) in [5.41, 5.74) is 0.307. The zero-order valence-electron chi connectivity index (χ0n) is 13.1. The highest BCUT2D eigenvalue weighted by atomic mass is 16.5. The first-order chi connectivity index (χ1) is 8.89. The normalized spacial score (nSPS) is 13.6. The largest absolute Gasteiger partial charge is 0.494 e. The van der Waals surface area contributed by atoms with Crippen molar-refractivity contribution in [3.63, 3.8) is 0 Å². The number of ether oxygens (including phenoxy) is 1. The first-order valence-corrected chi connectivity index (χ1v) is 7.31. The van der Waals surface area contributed by atoms with Crippen molar-refractivity contribution in [2.75, 3.05) is 13.2 Å². The van der Waals surface area contributed by atoms with Crippen LogP contribution in [0.4, 0.5) is 0 Å². The molecule has 0 aliphatic heterocycles. The Hall–Kier alpha value is -1.02. The van der Waals surface area contributed by atoms with Crippen LogP contribution in [0, 0.1) is 11.3 Å². The van der Waals surface area contributed by atoms with Crippen molar-refractivity contribution in [3.8, 4) is 5.75 Å². The lowest BCUT2D eigenvalue weighted by atomic mass is 9.79. The van der Waals surface area contributed by atoms with Crippen LogP contribution in [-0.2, 0) is 0 Å². The third-order valence-electron chi connectivity index (χ3n) is 3.48. The Morgan fingerprint density at radius 3 is 2.26 bits per heavy atom. The second-order valence-corrected chi connectivity index (χ2v) is 6.58. The van der Waals surface area contributed by atoms with Gasteiger partial charge in [-0.15, -0.1) is 0 Å². The van der Waals surface area contributed by atoms with Crippen molar-refractivity contribution in [1.82, 2.24) is 5.32 Å². The fraction of sp³-hybridized carbons (Fsp3) is 0.647. The number of rotatable bonds is 7. The molecule has 19 heavy (non-hydrogen) atoms. The minimum atomic E-state index is 0.307. The third kappa shape index (κ3) is 6.63. The number of hydrogen-bond donors (Lipinski definition) is 1. The lowest BCUT2D eigenvalue weighted by Crippen LogP contribution is -2.36. The Morgan fingerprint density at radius 2 is 1.74 bits per heavy atom. The van der Waals surface area contributed by atoms with Crippen molar-refractivity contribution in [1.29, 1.82) is 0 Å². The fourth-order valence-corrected chi connectivity index (χ4v) is 2.05. The molecule has 108 valence electrons. The van der Waals surface area contributed by atoms with E-state index in [0.29, 0.717) is 17.4 Å². The molecule has 1 atom stereocenters. The SMILES string of the molecule is CC(C)NCC(CCOc1ccccc1)C(C)(C)C. The molecule has 0 fully saturated rings. The van der Waals surface area contributed by atoms with Crippen LogP contribution in [0.5, 0.6) is 5.75 Å². The zero-order valence-corrected chi connectivity index (χ0v) is 13.1. The summed E-state index contributed by atoms with van der Waals surface area (Å²) < 4.78 is 5.81. The van der Waals surface area contributed by atoms with Gasteiger partial charge in [-0.25, -0.2) is 0 Å². The Labute approximate surface area is 118 Å². The van der Waals surface area contributed by atoms with Crippen LogP contribution < -0.4 is 10.1 Å². The van der Waals surface area contributed by atoms with Crippen molar-refractivity contribution >= 4 is 0 Å². The molecule has 1 N–H and O–H groups in total. The lowest BCUT2D eigenvalue weighted by Gasteiger charge is -2.31. The fourth-order valence-electron chi connectivity index (χ4n) is 2.05. The van der Waals surface area contributed by atoms with Crippen molar-refractivity contribution in [2.24, 2.45) is 11.3 Å². The number of benzene rings is 1. The van der Waals surface area contributed by atoms with Gasteiger partial charge in [0.2, 0.25) is 0 Å². The summed E-state index contributed by atoms with van der Waals surface area (Å²) in [7, 11) is 0. The van der Waals surface area contributed by atoms with Gasteiger partial charge in [0.15, 0.2) is 0 Å². The molecule has 1 rings (SSSR count). The first-order valence-electron chi connectivity index (χ1n) is 7.31. The molecule has 1 aromatic rings. The van der Waals surface area contributed by atoms with Crippen LogP contribution in [0.15, 0.2) is 30.3 Å². The van der Waals surface area contributed by atoms with E-state index in [1.807, 2.05) is 30.3 Å². The average Bonchev–Trinajstić information content (AvgIpc) is 2.33. The number of para-hydroxylation sites is 1. The van der Waals surface area contributed by atoms with Gasteiger partial charge in [0.05, 0.1) is 6.61 Å². The maximum atomic E-state index is 5.81. The maximum Gasteiger partial charge on any atom is 0.119 e. The predicted octanol–water partition coefficient (Wildman–Crippen LogP) is 4.12. The molecule has 0 bridgehead atoms. The molecule has 1 unspecified atom stereocenters. The van der Waals surface area contributed by atoms with Crippen LogP contribution in [0.2, 0.25) is 0 Å². The van der Waals surface area contributed by atoms with Gasteiger partial charge in [0, 0.05) is 6.04 Å². The molecule has 0 heterocycles. The Balaban J connectivity index is 2.40. The summed E-state index contributed by atoms with van der Waals surface area (Å²) in [5.74, 6) is 1.59. The molecule has 2 heteroatoms. The van der Waals surface area contributed by atoms with E-state index in [9.17, 15) is 0 Å². The van der Waals surface area contributed by atoms with E-state index in [0.717, 1.165) is 25.3 Å². The highest BCUT2D eigenvalue weighted by Gasteiger charge is 2.24. The highest BCUT2D eigenvalue weighted by Crippen LogP contribution is 2.28. The summed E-state index contributed by atoms with van der Waals surface area (Å²) in [5, 5.41) is 3.55. The van der Waals surface area contributed by atoms with Gasteiger partial charge >= 0.3 is 0 Å². The zero-order chi connectivity index (χ0) is 14.3. The second-order valence-electron chi connectivity index (χ2n) is 6.58. The van der Waals surface area contributed by atoms with Crippen LogP contribution in [0.1, 0.15) is 41.0 Å². The highest BCUT2D eigenvalue weighted by molar-refractivity contribution is 5.20. The van der Waals surface area contributed by atoms with Crippen LogP contribution >= 0.6 is 0 Å². The predicted molar refractivity (Wildman–Crippen MR) is 82.6 cm³/mol. The van der Waals surface area contributed by atoms with Crippen molar-refractivity contribution in [2.45, 2.75) is 47.1 Å². The van der Waals surface area contributed by atoms with Crippen molar-refractivity contribution < 1.29 is 4.74 Å². The molecule has 0 aromatic heterocycles. The van der Waals surface area contributed by atoms with E-state index in [4.69, 9.17) is 4.74 Å². The maximum absolute atomic E-state index is 5.81. The molecule has 1 aromatic carbocycles. The summed E-state index contributed by atoms with van der Waals surface area (Å²) in [6, 6.07) is 10.6. The van der Waals surface area contributed by atoms with Crippen molar-refractivity contribution in [3.05, 3.63) is 30.3 Å². The number of nitrogens with one attached hydrogen (secondary N) is 1. The van der Waals surface area contributed by atoms with E-state index in [1.54, 1.807) is 0 Å². The molecular formula is C17H29NO. The van der Waals surface area contributed by atoms with E-state index in [1.165, 1.54) is 0 Å². The Kier molecular flexibility index (Phi) is 6.36. The molecule has 0 amide bonds. The van der Waals surface area contributed by atoms with E-state index in [2.05, 4.69) is 39.9 Å². The molecule has 2 nitrogen and oxygen atoms in total. The Morgan fingerprint density at radius 1 is 1.11 bits per heavy atom. The van der Waals surface area contributed by atoms with Gasteiger partial charge in [0.25, 0.3) is 0 Å². The third-order valence-corrected chi connectivity index (χ3v) is 3.48. The minimum Gasteiger partial charge on any atom is -0.494 e. The van der Waals surface area contributed by atoms with Gasteiger partial charge in [0.1, 0.15) is 5.75 Å². The van der Waals surface area contributed by atoms with Gasteiger partial charge < -0.3 is 10.1 Å². The smallest absolute Gasteiger partial charge is 0.119 e. The van der Waals surface area contributed by atoms with Gasteiger partial charge in [-0.05, 0) is 36.4 Å². The standard InChI is InChI=1S/C17H29NO/c1-14(2)18-13-15(17(3,4)5)11-12-19-16-9-7-6-8-10-16/h6-10,14-15,18H,11-13H2,1-5H3. The van der Waals surface area contributed by atoms with Gasteiger partial charge in [-0.2, -0.15) is 0 Å². The topological polar surface area (TPSA) is 21.3 Å². The average molecular weight is 263 g/mol.